The molecule has 0 aromatic heterocycles. The molecule has 2 aromatic carbocycles. The highest BCUT2D eigenvalue weighted by Crippen LogP contribution is 2.46. The first-order chi connectivity index (χ1) is 12.0. The number of benzene rings is 2. The lowest BCUT2D eigenvalue weighted by molar-refractivity contribution is 0.558. The molecule has 3 rings (SSSR count). The summed E-state index contributed by atoms with van der Waals surface area (Å²) in [4.78, 5) is 0. The third-order valence-electron chi connectivity index (χ3n) is 4.46. The maximum Gasteiger partial charge on any atom is 0.327 e. The molecule has 0 amide bonds. The molecule has 0 radical (unpaired) electrons. The van der Waals surface area contributed by atoms with E-state index in [1.54, 1.807) is 4.31 Å². The second kappa shape index (κ2) is 7.06. The summed E-state index contributed by atoms with van der Waals surface area (Å²) in [5.74, 6) is 0. The van der Waals surface area contributed by atoms with Gasteiger partial charge >= 0.3 is 10.2 Å². The number of nitrogens with one attached hydrogen (secondary N) is 1. The zero-order valence-corrected chi connectivity index (χ0v) is 15.7. The smallest absolute Gasteiger partial charge is 0.320 e. The number of fused-ring (bicyclic) bond motifs is 1. The van der Waals surface area contributed by atoms with E-state index in [0.29, 0.717) is 6.42 Å². The fraction of sp³-hybridized carbons (Fsp3) is 0.368. The van der Waals surface area contributed by atoms with Gasteiger partial charge in [-0.05, 0) is 51.6 Å². The van der Waals surface area contributed by atoms with Gasteiger partial charge in [0.05, 0.1) is 17.4 Å². The maximum atomic E-state index is 13.4. The van der Waals surface area contributed by atoms with Crippen molar-refractivity contribution in [1.29, 1.82) is 0 Å². The van der Waals surface area contributed by atoms with Crippen LogP contribution in [0.2, 0.25) is 0 Å². The van der Waals surface area contributed by atoms with Gasteiger partial charge in [0.25, 0.3) is 0 Å². The molecule has 1 N–H and O–H groups in total. The Morgan fingerprint density at radius 3 is 2.04 bits per heavy atom. The monoisotopic (exact) mass is 359 g/mol. The zero-order valence-electron chi connectivity index (χ0n) is 14.9. The van der Waals surface area contributed by atoms with E-state index in [-0.39, 0.29) is 12.1 Å². The summed E-state index contributed by atoms with van der Waals surface area (Å²) in [5.41, 5.74) is 2.51. The molecule has 1 atom stereocenters. The normalized spacial score (nSPS) is 17.0. The van der Waals surface area contributed by atoms with E-state index >= 15 is 0 Å². The molecule has 134 valence electrons. The summed E-state index contributed by atoms with van der Waals surface area (Å²) in [5, 5.41) is 3.14. The molecule has 6 heteroatoms. The highest BCUT2D eigenvalue weighted by molar-refractivity contribution is 7.94. The second-order valence-corrected chi connectivity index (χ2v) is 8.18. The number of rotatable bonds is 6. The van der Waals surface area contributed by atoms with E-state index in [0.717, 1.165) is 23.5 Å². The van der Waals surface area contributed by atoms with Crippen LogP contribution < -0.4 is 13.9 Å². The molecular weight excluding hydrogens is 334 g/mol. The highest BCUT2D eigenvalue weighted by atomic mass is 32.2. The Labute approximate surface area is 150 Å². The maximum absolute atomic E-state index is 13.4. The van der Waals surface area contributed by atoms with Crippen LogP contribution in [-0.4, -0.2) is 28.1 Å². The van der Waals surface area contributed by atoms with Crippen molar-refractivity contribution in [2.24, 2.45) is 0 Å². The predicted octanol–water partition coefficient (Wildman–Crippen LogP) is 3.32. The average Bonchev–Trinajstić information content (AvgIpc) is 2.83. The molecule has 0 saturated heterocycles. The molecule has 0 aliphatic carbocycles. The minimum Gasteiger partial charge on any atom is -0.320 e. The van der Waals surface area contributed by atoms with Gasteiger partial charge in [-0.25, -0.2) is 8.61 Å². The van der Waals surface area contributed by atoms with Crippen molar-refractivity contribution in [2.45, 2.75) is 32.4 Å². The summed E-state index contributed by atoms with van der Waals surface area (Å²) < 4.78 is 29.9. The van der Waals surface area contributed by atoms with Crippen molar-refractivity contribution >= 4 is 21.6 Å². The third kappa shape index (κ3) is 3.12. The van der Waals surface area contributed by atoms with Gasteiger partial charge in [0, 0.05) is 6.04 Å². The van der Waals surface area contributed by atoms with Gasteiger partial charge in [-0.2, -0.15) is 8.42 Å². The molecule has 0 saturated carbocycles. The quantitative estimate of drug-likeness (QED) is 0.861. The Hall–Kier alpha value is -2.05. The summed E-state index contributed by atoms with van der Waals surface area (Å²) in [6.07, 6.45) is 0.694. The standard InChI is InChI=1S/C19H25N3O2S/c1-15(2)21-18-11-7-8-12-19(18)22(25(21,23)24)17(13-14-20-3)16-9-5-4-6-10-16/h4-12,15,17,20H,13-14H2,1-3H3. The molecule has 0 bridgehead atoms. The molecule has 25 heavy (non-hydrogen) atoms. The van der Waals surface area contributed by atoms with Crippen LogP contribution in [0.25, 0.3) is 0 Å². The Morgan fingerprint density at radius 2 is 1.48 bits per heavy atom. The number of para-hydroxylation sites is 2. The van der Waals surface area contributed by atoms with Crippen molar-refractivity contribution in [3.05, 3.63) is 60.2 Å². The first kappa shape index (κ1) is 17.8. The van der Waals surface area contributed by atoms with Crippen LogP contribution in [-0.2, 0) is 10.2 Å². The fourth-order valence-electron chi connectivity index (χ4n) is 3.43. The van der Waals surface area contributed by atoms with Crippen molar-refractivity contribution in [2.75, 3.05) is 22.2 Å². The Morgan fingerprint density at radius 1 is 0.920 bits per heavy atom. The first-order valence-electron chi connectivity index (χ1n) is 8.61. The average molecular weight is 359 g/mol. The van der Waals surface area contributed by atoms with Gasteiger partial charge in [-0.3, -0.25) is 0 Å². The first-order valence-corrected chi connectivity index (χ1v) is 10.0. The van der Waals surface area contributed by atoms with Crippen molar-refractivity contribution < 1.29 is 8.42 Å². The lowest BCUT2D eigenvalue weighted by atomic mass is 10.0. The van der Waals surface area contributed by atoms with Gasteiger partial charge in [-0.15, -0.1) is 0 Å². The number of nitrogens with zero attached hydrogens (tertiary/aromatic N) is 2. The van der Waals surface area contributed by atoms with Gasteiger partial charge in [0.1, 0.15) is 0 Å². The summed E-state index contributed by atoms with van der Waals surface area (Å²) >= 11 is 0. The molecular formula is C19H25N3O2S. The van der Waals surface area contributed by atoms with Crippen molar-refractivity contribution in [3.8, 4) is 0 Å². The number of hydrogen-bond acceptors (Lipinski definition) is 3. The van der Waals surface area contributed by atoms with Crippen molar-refractivity contribution in [3.63, 3.8) is 0 Å². The van der Waals surface area contributed by atoms with E-state index in [2.05, 4.69) is 5.32 Å². The van der Waals surface area contributed by atoms with E-state index in [9.17, 15) is 8.42 Å². The fourth-order valence-corrected chi connectivity index (χ4v) is 5.51. The Balaban J connectivity index is 2.15. The van der Waals surface area contributed by atoms with Crippen LogP contribution in [0, 0.1) is 0 Å². The molecule has 1 heterocycles. The minimum absolute atomic E-state index is 0.142. The Bertz CT molecular complexity index is 822. The zero-order chi connectivity index (χ0) is 18.0. The number of anilines is 2. The second-order valence-electron chi connectivity index (χ2n) is 6.50. The SMILES string of the molecule is CNCCC(c1ccccc1)N1c2ccccc2N(C(C)C)S1(=O)=O. The highest BCUT2D eigenvalue weighted by Gasteiger charge is 2.45. The lowest BCUT2D eigenvalue weighted by Crippen LogP contribution is -2.43. The molecule has 0 fully saturated rings. The molecule has 2 aromatic rings. The van der Waals surface area contributed by atoms with Crippen LogP contribution in [0.3, 0.4) is 0 Å². The topological polar surface area (TPSA) is 52.6 Å². The predicted molar refractivity (Wildman–Crippen MR) is 103 cm³/mol. The van der Waals surface area contributed by atoms with Crippen LogP contribution >= 0.6 is 0 Å². The van der Waals surface area contributed by atoms with E-state index < -0.39 is 10.2 Å². The molecule has 1 unspecified atom stereocenters. The van der Waals surface area contributed by atoms with Gasteiger partial charge in [0.15, 0.2) is 0 Å². The largest absolute Gasteiger partial charge is 0.327 e. The lowest BCUT2D eigenvalue weighted by Gasteiger charge is -2.31. The van der Waals surface area contributed by atoms with Gasteiger partial charge in [-0.1, -0.05) is 42.5 Å². The van der Waals surface area contributed by atoms with E-state index in [1.807, 2.05) is 75.5 Å². The van der Waals surface area contributed by atoms with E-state index in [1.165, 1.54) is 4.31 Å². The summed E-state index contributed by atoms with van der Waals surface area (Å²) in [6.45, 7) is 4.54. The third-order valence-corrected chi connectivity index (χ3v) is 6.52. The van der Waals surface area contributed by atoms with Gasteiger partial charge < -0.3 is 5.32 Å². The van der Waals surface area contributed by atoms with Gasteiger partial charge in [0.2, 0.25) is 0 Å². The molecule has 1 aliphatic heterocycles. The van der Waals surface area contributed by atoms with E-state index in [4.69, 9.17) is 0 Å². The Kier molecular flexibility index (Phi) is 5.01. The van der Waals surface area contributed by atoms with Crippen LogP contribution in [0.5, 0.6) is 0 Å². The van der Waals surface area contributed by atoms with Crippen LogP contribution in [0.15, 0.2) is 54.6 Å². The van der Waals surface area contributed by atoms with Crippen molar-refractivity contribution in [1.82, 2.24) is 5.32 Å². The van der Waals surface area contributed by atoms with Crippen LogP contribution in [0.1, 0.15) is 31.9 Å². The molecule has 5 nitrogen and oxygen atoms in total. The van der Waals surface area contributed by atoms with Crippen LogP contribution in [0.4, 0.5) is 11.4 Å². The minimum atomic E-state index is -3.63. The molecule has 0 spiro atoms. The molecule has 1 aliphatic rings. The summed E-state index contributed by atoms with van der Waals surface area (Å²) in [7, 11) is -1.74. The summed E-state index contributed by atoms with van der Waals surface area (Å²) in [6, 6.07) is 17.0. The number of hydrogen-bond donors (Lipinski definition) is 1.